The predicted octanol–water partition coefficient (Wildman–Crippen LogP) is 4.25. The van der Waals surface area contributed by atoms with E-state index in [4.69, 9.17) is 5.11 Å². The van der Waals surface area contributed by atoms with E-state index in [0.717, 1.165) is 12.1 Å². The quantitative estimate of drug-likeness (QED) is 0.673. The van der Waals surface area contributed by atoms with Crippen molar-refractivity contribution < 1.29 is 23.5 Å². The van der Waals surface area contributed by atoms with Gasteiger partial charge in [-0.15, -0.1) is 0 Å². The second-order valence-corrected chi connectivity index (χ2v) is 6.60. The second kappa shape index (κ2) is 6.75. The summed E-state index contributed by atoms with van der Waals surface area (Å²) in [5, 5.41) is 12.3. The molecular weight excluding hydrogens is 354 g/mol. The summed E-state index contributed by atoms with van der Waals surface area (Å²) in [5.41, 5.74) is -1.70. The number of halogens is 2. The first kappa shape index (κ1) is 18.4. The molecule has 0 aliphatic carbocycles. The first-order valence-electron chi connectivity index (χ1n) is 8.09. The summed E-state index contributed by atoms with van der Waals surface area (Å²) in [6, 6.07) is 8.40. The van der Waals surface area contributed by atoms with Crippen molar-refractivity contribution in [2.75, 3.05) is 0 Å². The van der Waals surface area contributed by atoms with Gasteiger partial charge in [0.15, 0.2) is 5.78 Å². The molecule has 3 rings (SSSR count). The van der Waals surface area contributed by atoms with E-state index in [1.807, 2.05) is 0 Å². The Labute approximate surface area is 153 Å². The highest BCUT2D eigenvalue weighted by Crippen LogP contribution is 2.28. The number of carbonyl (C=O) groups is 2. The van der Waals surface area contributed by atoms with Crippen LogP contribution in [0.1, 0.15) is 35.3 Å². The van der Waals surface area contributed by atoms with Crippen LogP contribution in [0.4, 0.5) is 13.6 Å². The van der Waals surface area contributed by atoms with Gasteiger partial charge in [0.25, 0.3) is 0 Å². The molecule has 0 bridgehead atoms. The molecule has 0 aliphatic heterocycles. The van der Waals surface area contributed by atoms with Gasteiger partial charge in [-0.1, -0.05) is 18.2 Å². The van der Waals surface area contributed by atoms with Gasteiger partial charge in [0.2, 0.25) is 0 Å². The minimum Gasteiger partial charge on any atom is -0.465 e. The Bertz CT molecular complexity index is 1040. The molecule has 0 radical (unpaired) electrons. The number of amides is 1. The number of nitrogens with zero attached hydrogens (tertiary/aromatic N) is 1. The van der Waals surface area contributed by atoms with Crippen molar-refractivity contribution in [3.05, 3.63) is 77.1 Å². The number of benzene rings is 2. The highest BCUT2D eigenvalue weighted by atomic mass is 19.1. The standard InChI is InChI=1S/C20H16F2N2O3/c1-20(2,24-19(26)27)12-8-15(21)17(16(22)9-12)18(25)14-5-3-4-11-10-23-7-6-13(11)14/h3-10,24H,1-2H3,(H,26,27). The Kier molecular flexibility index (Phi) is 4.61. The molecule has 0 fully saturated rings. The van der Waals surface area contributed by atoms with E-state index in [0.29, 0.717) is 10.8 Å². The predicted molar refractivity (Wildman–Crippen MR) is 95.7 cm³/mol. The van der Waals surface area contributed by atoms with Gasteiger partial charge in [-0.25, -0.2) is 13.6 Å². The average Bonchev–Trinajstić information content (AvgIpc) is 2.59. The first-order valence-corrected chi connectivity index (χ1v) is 8.09. The number of hydrogen-bond acceptors (Lipinski definition) is 3. The van der Waals surface area contributed by atoms with E-state index in [1.165, 1.54) is 26.1 Å². The number of nitrogens with one attached hydrogen (secondary N) is 1. The monoisotopic (exact) mass is 370 g/mol. The average molecular weight is 370 g/mol. The zero-order valence-electron chi connectivity index (χ0n) is 14.6. The van der Waals surface area contributed by atoms with Crippen LogP contribution in [0.25, 0.3) is 10.8 Å². The van der Waals surface area contributed by atoms with Crippen LogP contribution in [-0.4, -0.2) is 22.0 Å². The van der Waals surface area contributed by atoms with Crippen LogP contribution in [0.3, 0.4) is 0 Å². The van der Waals surface area contributed by atoms with Crippen LogP contribution in [0.2, 0.25) is 0 Å². The molecule has 138 valence electrons. The van der Waals surface area contributed by atoms with Crippen LogP contribution in [-0.2, 0) is 5.54 Å². The smallest absolute Gasteiger partial charge is 0.405 e. The van der Waals surface area contributed by atoms with E-state index >= 15 is 0 Å². The van der Waals surface area contributed by atoms with Crippen molar-refractivity contribution in [3.8, 4) is 0 Å². The lowest BCUT2D eigenvalue weighted by molar-refractivity contribution is 0.103. The lowest BCUT2D eigenvalue weighted by Crippen LogP contribution is -2.40. The molecule has 2 N–H and O–H groups in total. The Morgan fingerprint density at radius 1 is 1.11 bits per heavy atom. The highest BCUT2D eigenvalue weighted by molar-refractivity contribution is 6.16. The normalized spacial score (nSPS) is 11.4. The molecule has 0 saturated heterocycles. The number of aromatic nitrogens is 1. The van der Waals surface area contributed by atoms with Crippen LogP contribution >= 0.6 is 0 Å². The lowest BCUT2D eigenvalue weighted by Gasteiger charge is -2.25. The van der Waals surface area contributed by atoms with Gasteiger partial charge in [0.1, 0.15) is 11.6 Å². The third-order valence-electron chi connectivity index (χ3n) is 4.34. The van der Waals surface area contributed by atoms with Crippen LogP contribution in [0.15, 0.2) is 48.8 Å². The van der Waals surface area contributed by atoms with Crippen LogP contribution < -0.4 is 5.32 Å². The number of carboxylic acid groups (broad SMARTS) is 1. The lowest BCUT2D eigenvalue weighted by atomic mass is 9.90. The SMILES string of the molecule is CC(C)(NC(=O)O)c1cc(F)c(C(=O)c2cccc3cnccc23)c(F)c1. The molecule has 2 aromatic carbocycles. The number of rotatable bonds is 4. The molecule has 0 saturated carbocycles. The maximum atomic E-state index is 14.7. The van der Waals surface area contributed by atoms with Crippen molar-refractivity contribution >= 4 is 22.6 Å². The Morgan fingerprint density at radius 2 is 1.78 bits per heavy atom. The molecule has 5 nitrogen and oxygen atoms in total. The van der Waals surface area contributed by atoms with Crippen molar-refractivity contribution in [2.24, 2.45) is 0 Å². The van der Waals surface area contributed by atoms with Gasteiger partial charge in [-0.05, 0) is 43.0 Å². The molecule has 0 aliphatic rings. The topological polar surface area (TPSA) is 79.3 Å². The van der Waals surface area contributed by atoms with Gasteiger partial charge < -0.3 is 10.4 Å². The van der Waals surface area contributed by atoms with E-state index < -0.39 is 34.6 Å². The third kappa shape index (κ3) is 3.48. The van der Waals surface area contributed by atoms with Gasteiger partial charge >= 0.3 is 6.09 Å². The fourth-order valence-electron chi connectivity index (χ4n) is 2.95. The van der Waals surface area contributed by atoms with E-state index in [1.54, 1.807) is 24.4 Å². The maximum absolute atomic E-state index is 14.7. The van der Waals surface area contributed by atoms with Crippen molar-refractivity contribution in [2.45, 2.75) is 19.4 Å². The molecule has 0 unspecified atom stereocenters. The second-order valence-electron chi connectivity index (χ2n) is 6.60. The number of carbonyl (C=O) groups excluding carboxylic acids is 1. The largest absolute Gasteiger partial charge is 0.465 e. The van der Waals surface area contributed by atoms with Crippen LogP contribution in [0.5, 0.6) is 0 Å². The molecule has 0 spiro atoms. The van der Waals surface area contributed by atoms with E-state index in [2.05, 4.69) is 10.3 Å². The summed E-state index contributed by atoms with van der Waals surface area (Å²) < 4.78 is 29.3. The minimum atomic E-state index is -1.33. The van der Waals surface area contributed by atoms with Crippen molar-refractivity contribution in [1.82, 2.24) is 10.3 Å². The van der Waals surface area contributed by atoms with Gasteiger partial charge in [0.05, 0.1) is 11.1 Å². The fraction of sp³-hybridized carbons (Fsp3) is 0.150. The Hall–Kier alpha value is -3.35. The summed E-state index contributed by atoms with van der Waals surface area (Å²) in [4.78, 5) is 27.7. The molecule has 27 heavy (non-hydrogen) atoms. The van der Waals surface area contributed by atoms with Crippen molar-refractivity contribution in [1.29, 1.82) is 0 Å². The molecular formula is C20H16F2N2O3. The first-order chi connectivity index (χ1) is 12.7. The Morgan fingerprint density at radius 3 is 2.41 bits per heavy atom. The van der Waals surface area contributed by atoms with E-state index in [9.17, 15) is 18.4 Å². The molecule has 0 atom stereocenters. The van der Waals surface area contributed by atoms with Gasteiger partial charge in [-0.2, -0.15) is 0 Å². The van der Waals surface area contributed by atoms with Crippen molar-refractivity contribution in [3.63, 3.8) is 0 Å². The highest BCUT2D eigenvalue weighted by Gasteiger charge is 2.28. The number of pyridine rings is 1. The molecule has 7 heteroatoms. The summed E-state index contributed by atoms with van der Waals surface area (Å²) in [7, 11) is 0. The van der Waals surface area contributed by atoms with Gasteiger partial charge in [-0.3, -0.25) is 9.78 Å². The number of hydrogen-bond donors (Lipinski definition) is 2. The zero-order chi connectivity index (χ0) is 19.8. The maximum Gasteiger partial charge on any atom is 0.405 e. The summed E-state index contributed by atoms with van der Waals surface area (Å²) in [6.45, 7) is 2.93. The summed E-state index contributed by atoms with van der Waals surface area (Å²) >= 11 is 0. The van der Waals surface area contributed by atoms with Crippen LogP contribution in [0, 0.1) is 11.6 Å². The molecule has 1 aromatic heterocycles. The fourth-order valence-corrected chi connectivity index (χ4v) is 2.95. The zero-order valence-corrected chi connectivity index (χ0v) is 14.6. The number of ketones is 1. The summed E-state index contributed by atoms with van der Waals surface area (Å²) in [5.74, 6) is -2.90. The minimum absolute atomic E-state index is 0.0681. The molecule has 1 amide bonds. The Balaban J connectivity index is 2.10. The molecule has 3 aromatic rings. The van der Waals surface area contributed by atoms with Gasteiger partial charge in [0, 0.05) is 23.3 Å². The van der Waals surface area contributed by atoms with E-state index in [-0.39, 0.29) is 11.1 Å². The molecule has 1 heterocycles. The third-order valence-corrected chi connectivity index (χ3v) is 4.34. The number of fused-ring (bicyclic) bond motifs is 1. The summed E-state index contributed by atoms with van der Waals surface area (Å²) in [6.07, 6.45) is 1.72.